The third kappa shape index (κ3) is 2.85. The molecule has 0 aromatic carbocycles. The lowest BCUT2D eigenvalue weighted by Gasteiger charge is -2.08. The van der Waals surface area contributed by atoms with Crippen molar-refractivity contribution in [2.24, 2.45) is 0 Å². The smallest absolute Gasteiger partial charge is 0.172 e. The second kappa shape index (κ2) is 5.73. The molecule has 0 unspecified atom stereocenters. The Morgan fingerprint density at radius 2 is 2.24 bits per heavy atom. The molecule has 3 aromatic heterocycles. The predicted molar refractivity (Wildman–Crippen MR) is 82.8 cm³/mol. The third-order valence-corrected chi connectivity index (χ3v) is 3.65. The molecule has 0 bridgehead atoms. The summed E-state index contributed by atoms with van der Waals surface area (Å²) >= 11 is 6.26. The fourth-order valence-electron chi connectivity index (χ4n) is 2.19. The van der Waals surface area contributed by atoms with Crippen LogP contribution in [0.5, 0.6) is 0 Å². The molecule has 0 saturated heterocycles. The van der Waals surface area contributed by atoms with Crippen molar-refractivity contribution in [1.29, 1.82) is 0 Å². The first-order valence-corrected chi connectivity index (χ1v) is 7.31. The third-order valence-electron chi connectivity index (χ3n) is 3.38. The van der Waals surface area contributed by atoms with Crippen LogP contribution < -0.4 is 5.32 Å². The number of anilines is 1. The Balaban J connectivity index is 1.73. The highest BCUT2D eigenvalue weighted by Gasteiger charge is 2.07. The maximum Gasteiger partial charge on any atom is 0.172 e. The highest BCUT2D eigenvalue weighted by molar-refractivity contribution is 6.33. The van der Waals surface area contributed by atoms with Gasteiger partial charge in [0, 0.05) is 31.5 Å². The van der Waals surface area contributed by atoms with Crippen LogP contribution in [0.4, 0.5) is 5.82 Å². The maximum atomic E-state index is 6.26. The number of imidazole rings is 2. The van der Waals surface area contributed by atoms with Crippen LogP contribution >= 0.6 is 11.6 Å². The molecule has 0 aliphatic carbocycles. The van der Waals surface area contributed by atoms with Gasteiger partial charge in [0.1, 0.15) is 11.6 Å². The lowest BCUT2D eigenvalue weighted by molar-refractivity contribution is 0.698. The van der Waals surface area contributed by atoms with Gasteiger partial charge in [0.15, 0.2) is 5.65 Å². The fourth-order valence-corrected chi connectivity index (χ4v) is 2.42. The molecule has 6 nitrogen and oxygen atoms in total. The molecular weight excluding hydrogens is 288 g/mol. The molecule has 0 spiro atoms. The van der Waals surface area contributed by atoms with E-state index in [9.17, 15) is 0 Å². The van der Waals surface area contributed by atoms with Gasteiger partial charge in [0.2, 0.25) is 0 Å². The minimum Gasteiger partial charge on any atom is -0.367 e. The summed E-state index contributed by atoms with van der Waals surface area (Å²) in [5.41, 5.74) is 1.68. The second-order valence-electron chi connectivity index (χ2n) is 4.83. The zero-order chi connectivity index (χ0) is 14.8. The minimum absolute atomic E-state index is 0.603. The molecule has 0 aliphatic heterocycles. The Morgan fingerprint density at radius 1 is 1.38 bits per heavy atom. The van der Waals surface area contributed by atoms with E-state index in [1.807, 2.05) is 25.4 Å². The standard InChI is InChI=1S/C14H17ClN6/c1-3-11-9-21-14(18-11)12(15)8-13(19-21)17-5-7-20-6-4-16-10(20)2/h4,6,8-9H,3,5,7H2,1-2H3,(H,17,19). The van der Waals surface area contributed by atoms with E-state index in [-0.39, 0.29) is 0 Å². The SMILES string of the molecule is CCc1cn2nc(NCCn3ccnc3C)cc(Cl)c2n1. The van der Waals surface area contributed by atoms with Crippen molar-refractivity contribution in [3.05, 3.63) is 41.2 Å². The van der Waals surface area contributed by atoms with Crippen molar-refractivity contribution in [1.82, 2.24) is 24.1 Å². The summed E-state index contributed by atoms with van der Waals surface area (Å²) < 4.78 is 3.81. The Hall–Kier alpha value is -2.08. The van der Waals surface area contributed by atoms with Gasteiger partial charge < -0.3 is 9.88 Å². The minimum atomic E-state index is 0.603. The molecule has 3 aromatic rings. The topological polar surface area (TPSA) is 60.0 Å². The number of aromatic nitrogens is 5. The fraction of sp³-hybridized carbons (Fsp3) is 0.357. The summed E-state index contributed by atoms with van der Waals surface area (Å²) in [4.78, 5) is 8.63. The highest BCUT2D eigenvalue weighted by Crippen LogP contribution is 2.19. The summed E-state index contributed by atoms with van der Waals surface area (Å²) in [6.45, 7) is 5.62. The van der Waals surface area contributed by atoms with Crippen LogP contribution in [0.1, 0.15) is 18.4 Å². The van der Waals surface area contributed by atoms with Gasteiger partial charge in [-0.1, -0.05) is 18.5 Å². The molecule has 0 radical (unpaired) electrons. The molecule has 0 fully saturated rings. The van der Waals surface area contributed by atoms with Gasteiger partial charge in [-0.15, -0.1) is 5.10 Å². The molecule has 0 amide bonds. The number of hydrogen-bond donors (Lipinski definition) is 1. The van der Waals surface area contributed by atoms with E-state index < -0.39 is 0 Å². The lowest BCUT2D eigenvalue weighted by Crippen LogP contribution is -2.12. The first kappa shape index (κ1) is 13.9. The largest absolute Gasteiger partial charge is 0.367 e. The van der Waals surface area contributed by atoms with Crippen LogP contribution in [0.2, 0.25) is 5.02 Å². The van der Waals surface area contributed by atoms with E-state index in [0.29, 0.717) is 10.7 Å². The second-order valence-corrected chi connectivity index (χ2v) is 5.23. The average Bonchev–Trinajstić information content (AvgIpc) is 3.06. The van der Waals surface area contributed by atoms with Crippen molar-refractivity contribution in [2.45, 2.75) is 26.8 Å². The molecule has 0 saturated carbocycles. The van der Waals surface area contributed by atoms with Crippen molar-refractivity contribution >= 4 is 23.1 Å². The van der Waals surface area contributed by atoms with Gasteiger partial charge >= 0.3 is 0 Å². The van der Waals surface area contributed by atoms with Crippen molar-refractivity contribution in [2.75, 3.05) is 11.9 Å². The van der Waals surface area contributed by atoms with E-state index in [2.05, 4.69) is 31.9 Å². The number of hydrogen-bond acceptors (Lipinski definition) is 4. The van der Waals surface area contributed by atoms with Crippen molar-refractivity contribution < 1.29 is 0 Å². The first-order valence-electron chi connectivity index (χ1n) is 6.94. The normalized spacial score (nSPS) is 11.2. The lowest BCUT2D eigenvalue weighted by atomic mass is 10.4. The van der Waals surface area contributed by atoms with Crippen LogP contribution in [0.25, 0.3) is 5.65 Å². The van der Waals surface area contributed by atoms with Gasteiger partial charge in [-0.05, 0) is 13.3 Å². The van der Waals surface area contributed by atoms with Crippen LogP contribution in [0.15, 0.2) is 24.7 Å². The summed E-state index contributed by atoms with van der Waals surface area (Å²) in [7, 11) is 0. The first-order chi connectivity index (χ1) is 10.2. The number of halogens is 1. The quantitative estimate of drug-likeness (QED) is 0.787. The molecule has 0 atom stereocenters. The van der Waals surface area contributed by atoms with Gasteiger partial charge in [0.25, 0.3) is 0 Å². The Morgan fingerprint density at radius 3 is 2.95 bits per heavy atom. The molecule has 3 heterocycles. The molecule has 110 valence electrons. The number of fused-ring (bicyclic) bond motifs is 1. The predicted octanol–water partition coefficient (Wildman–Crippen LogP) is 2.56. The van der Waals surface area contributed by atoms with Crippen LogP contribution in [-0.2, 0) is 13.0 Å². The van der Waals surface area contributed by atoms with E-state index >= 15 is 0 Å². The Labute approximate surface area is 127 Å². The van der Waals surface area contributed by atoms with Gasteiger partial charge in [-0.25, -0.2) is 14.5 Å². The zero-order valence-electron chi connectivity index (χ0n) is 12.0. The number of aryl methyl sites for hydroxylation is 2. The Kier molecular flexibility index (Phi) is 3.79. The molecule has 0 aliphatic rings. The number of nitrogens with zero attached hydrogens (tertiary/aromatic N) is 5. The summed E-state index contributed by atoms with van der Waals surface area (Å²) in [6, 6.07) is 1.81. The monoisotopic (exact) mass is 304 g/mol. The summed E-state index contributed by atoms with van der Waals surface area (Å²) in [5, 5.41) is 8.36. The number of rotatable bonds is 5. The zero-order valence-corrected chi connectivity index (χ0v) is 12.8. The van der Waals surface area contributed by atoms with Gasteiger partial charge in [-0.2, -0.15) is 0 Å². The van der Waals surface area contributed by atoms with E-state index in [4.69, 9.17) is 11.6 Å². The Bertz CT molecular complexity index is 760. The molecule has 21 heavy (non-hydrogen) atoms. The van der Waals surface area contributed by atoms with Crippen LogP contribution in [-0.4, -0.2) is 30.7 Å². The van der Waals surface area contributed by atoms with Crippen molar-refractivity contribution in [3.8, 4) is 0 Å². The van der Waals surface area contributed by atoms with Crippen LogP contribution in [0.3, 0.4) is 0 Å². The molecule has 3 rings (SSSR count). The molecular formula is C14H17ClN6. The van der Waals surface area contributed by atoms with E-state index in [0.717, 1.165) is 36.8 Å². The maximum absolute atomic E-state index is 6.26. The molecule has 7 heteroatoms. The van der Waals surface area contributed by atoms with Crippen molar-refractivity contribution in [3.63, 3.8) is 0 Å². The van der Waals surface area contributed by atoms with E-state index in [1.165, 1.54) is 0 Å². The highest BCUT2D eigenvalue weighted by atomic mass is 35.5. The van der Waals surface area contributed by atoms with Gasteiger partial charge in [-0.3, -0.25) is 0 Å². The van der Waals surface area contributed by atoms with E-state index in [1.54, 1.807) is 10.7 Å². The number of nitrogens with one attached hydrogen (secondary N) is 1. The van der Waals surface area contributed by atoms with Crippen LogP contribution in [0, 0.1) is 6.92 Å². The average molecular weight is 305 g/mol. The molecule has 1 N–H and O–H groups in total. The van der Waals surface area contributed by atoms with Gasteiger partial charge in [0.05, 0.1) is 16.9 Å². The summed E-state index contributed by atoms with van der Waals surface area (Å²) in [5.74, 6) is 1.74. The summed E-state index contributed by atoms with van der Waals surface area (Å²) in [6.07, 6.45) is 6.53.